The van der Waals surface area contributed by atoms with Crippen LogP contribution in [0.3, 0.4) is 0 Å². The Balaban J connectivity index is 3.32. The smallest absolute Gasteiger partial charge is 0.184 e. The predicted octanol–water partition coefficient (Wildman–Crippen LogP) is 6.60. The first kappa shape index (κ1) is 20.2. The zero-order valence-corrected chi connectivity index (χ0v) is 18.4. The van der Waals surface area contributed by atoms with Gasteiger partial charge in [0.05, 0.1) is 0 Å². The molecule has 132 valence electrons. The Hall–Kier alpha value is 0.177. The maximum Gasteiger partial charge on any atom is 0.184 e. The fraction of sp³-hybridized carbons (Fsp3) is 1.00. The highest BCUT2D eigenvalue weighted by Gasteiger charge is 2.56. The summed E-state index contributed by atoms with van der Waals surface area (Å²) in [5, 5.41) is 0. The molecule has 1 fully saturated rings. The molecule has 1 aliphatic carbocycles. The van der Waals surface area contributed by atoms with Crippen molar-refractivity contribution in [1.29, 1.82) is 0 Å². The fourth-order valence-electron chi connectivity index (χ4n) is 4.73. The fourth-order valence-corrected chi connectivity index (χ4v) is 5.88. The number of hydrogen-bond donors (Lipinski definition) is 0. The van der Waals surface area contributed by atoms with Crippen LogP contribution in [0.1, 0.15) is 68.7 Å². The van der Waals surface area contributed by atoms with Crippen molar-refractivity contribution in [3.63, 3.8) is 0 Å². The van der Waals surface area contributed by atoms with Gasteiger partial charge < -0.3 is 4.43 Å². The van der Waals surface area contributed by atoms with Crippen LogP contribution in [0.2, 0.25) is 19.6 Å². The average Bonchev–Trinajstić information content (AvgIpc) is 2.51. The molecule has 0 radical (unpaired) electrons. The molecule has 1 saturated carbocycles. The highest BCUT2D eigenvalue weighted by atomic mass is 28.4. The Morgan fingerprint density at radius 2 is 1.09 bits per heavy atom. The van der Waals surface area contributed by atoms with Gasteiger partial charge in [0, 0.05) is 6.10 Å². The van der Waals surface area contributed by atoms with Gasteiger partial charge in [0.1, 0.15) is 0 Å². The minimum absolute atomic E-state index is 0.294. The van der Waals surface area contributed by atoms with Gasteiger partial charge in [-0.2, -0.15) is 0 Å². The lowest BCUT2D eigenvalue weighted by Crippen LogP contribution is -2.44. The van der Waals surface area contributed by atoms with Crippen molar-refractivity contribution in [3.8, 4) is 0 Å². The molecule has 0 heterocycles. The molecule has 0 amide bonds. The van der Waals surface area contributed by atoms with Crippen LogP contribution in [-0.4, -0.2) is 14.4 Å². The molecular formula is C20H42OSi. The largest absolute Gasteiger partial charge is 0.414 e. The lowest BCUT2D eigenvalue weighted by Gasteiger charge is -2.46. The molecule has 0 aliphatic heterocycles. The Bertz CT molecular complexity index is 372. The third-order valence-corrected chi connectivity index (χ3v) is 6.33. The van der Waals surface area contributed by atoms with Gasteiger partial charge in [-0.05, 0) is 60.1 Å². The third-order valence-electron chi connectivity index (χ3n) is 5.32. The molecule has 0 aromatic heterocycles. The summed E-state index contributed by atoms with van der Waals surface area (Å²) in [6, 6.07) is 0. The van der Waals surface area contributed by atoms with Gasteiger partial charge in [-0.25, -0.2) is 0 Å². The van der Waals surface area contributed by atoms with Crippen molar-refractivity contribution >= 4 is 8.32 Å². The maximum atomic E-state index is 6.73. The van der Waals surface area contributed by atoms with E-state index < -0.39 is 8.32 Å². The van der Waals surface area contributed by atoms with Gasteiger partial charge in [0.25, 0.3) is 0 Å². The number of hydrogen-bond acceptors (Lipinski definition) is 1. The van der Waals surface area contributed by atoms with E-state index in [-0.39, 0.29) is 0 Å². The van der Waals surface area contributed by atoms with Crippen molar-refractivity contribution in [2.45, 2.75) is 94.5 Å². The van der Waals surface area contributed by atoms with E-state index in [1.54, 1.807) is 0 Å². The molecule has 1 aliphatic rings. The van der Waals surface area contributed by atoms with Crippen LogP contribution in [0.25, 0.3) is 0 Å². The summed E-state index contributed by atoms with van der Waals surface area (Å²) in [7, 11) is -1.52. The van der Waals surface area contributed by atoms with Crippen LogP contribution in [0.4, 0.5) is 0 Å². The Morgan fingerprint density at radius 3 is 1.36 bits per heavy atom. The summed E-state index contributed by atoms with van der Waals surface area (Å²) in [6.07, 6.45) is 1.66. The van der Waals surface area contributed by atoms with E-state index in [4.69, 9.17) is 4.43 Å². The molecule has 22 heavy (non-hydrogen) atoms. The Labute approximate surface area is 141 Å². The first-order valence-corrected chi connectivity index (χ1v) is 12.5. The monoisotopic (exact) mass is 326 g/mol. The Kier molecular flexibility index (Phi) is 5.44. The zero-order valence-electron chi connectivity index (χ0n) is 17.4. The van der Waals surface area contributed by atoms with Crippen molar-refractivity contribution in [2.75, 3.05) is 0 Å². The van der Waals surface area contributed by atoms with E-state index in [2.05, 4.69) is 82.0 Å². The van der Waals surface area contributed by atoms with Crippen molar-refractivity contribution in [2.24, 2.45) is 34.0 Å². The van der Waals surface area contributed by atoms with Gasteiger partial charge >= 0.3 is 0 Å². The highest BCUT2D eigenvalue weighted by molar-refractivity contribution is 6.69. The maximum absolute atomic E-state index is 6.73. The quantitative estimate of drug-likeness (QED) is 0.520. The summed E-state index contributed by atoms with van der Waals surface area (Å²) in [6.45, 7) is 28.8. The van der Waals surface area contributed by atoms with Crippen LogP contribution >= 0.6 is 0 Å². The topological polar surface area (TPSA) is 9.23 Å². The van der Waals surface area contributed by atoms with E-state index in [1.165, 1.54) is 6.42 Å². The first-order chi connectivity index (χ1) is 9.44. The van der Waals surface area contributed by atoms with Gasteiger partial charge in [0.15, 0.2) is 8.32 Å². The lowest BCUT2D eigenvalue weighted by atomic mass is 9.59. The minimum atomic E-state index is -1.52. The summed E-state index contributed by atoms with van der Waals surface area (Å²) in [4.78, 5) is 0. The first-order valence-electron chi connectivity index (χ1n) is 9.12. The molecule has 0 aromatic rings. The molecule has 0 spiro atoms. The third kappa shape index (κ3) is 4.83. The van der Waals surface area contributed by atoms with Crippen molar-refractivity contribution in [1.82, 2.24) is 0 Å². The normalized spacial score (nSPS) is 31.6. The molecule has 2 heteroatoms. The molecular weight excluding hydrogens is 284 g/mol. The predicted molar refractivity (Wildman–Crippen MR) is 102 cm³/mol. The van der Waals surface area contributed by atoms with E-state index in [9.17, 15) is 0 Å². The average molecular weight is 327 g/mol. The van der Waals surface area contributed by atoms with Gasteiger partial charge in [-0.3, -0.25) is 0 Å². The second kappa shape index (κ2) is 5.92. The highest BCUT2D eigenvalue weighted by Crippen LogP contribution is 2.59. The molecule has 0 saturated heterocycles. The summed E-state index contributed by atoms with van der Waals surface area (Å²) in [5.74, 6) is 2.09. The van der Waals surface area contributed by atoms with Gasteiger partial charge in [-0.15, -0.1) is 0 Å². The molecule has 1 nitrogen and oxygen atoms in total. The van der Waals surface area contributed by atoms with E-state index >= 15 is 0 Å². The molecule has 0 bridgehead atoms. The number of rotatable bonds is 2. The van der Waals surface area contributed by atoms with Crippen LogP contribution in [0.5, 0.6) is 0 Å². The van der Waals surface area contributed by atoms with Crippen LogP contribution < -0.4 is 0 Å². The molecule has 4 atom stereocenters. The lowest BCUT2D eigenvalue weighted by molar-refractivity contribution is 0.000857. The Morgan fingerprint density at radius 1 is 0.682 bits per heavy atom. The van der Waals surface area contributed by atoms with E-state index in [0.717, 1.165) is 5.92 Å². The molecule has 0 N–H and O–H groups in total. The SMILES string of the molecule is CC(C)(C)C1CC(O[Si](C)(C)C)C(C(C)(C)C)C1C(C)(C)C. The van der Waals surface area contributed by atoms with E-state index in [0.29, 0.717) is 34.2 Å². The van der Waals surface area contributed by atoms with Crippen molar-refractivity contribution in [3.05, 3.63) is 0 Å². The van der Waals surface area contributed by atoms with Crippen molar-refractivity contribution < 1.29 is 4.43 Å². The van der Waals surface area contributed by atoms with Crippen LogP contribution in [0, 0.1) is 34.0 Å². The summed E-state index contributed by atoms with van der Waals surface area (Å²) in [5.41, 5.74) is 0.967. The van der Waals surface area contributed by atoms with Crippen LogP contribution in [0.15, 0.2) is 0 Å². The summed E-state index contributed by atoms with van der Waals surface area (Å²) < 4.78 is 6.73. The van der Waals surface area contributed by atoms with Gasteiger partial charge in [0.2, 0.25) is 0 Å². The second-order valence-electron chi connectivity index (χ2n) is 11.8. The standard InChI is InChI=1S/C20H42OSi/c1-18(2,3)14-13-15(21-22(10,11)12)17(20(7,8)9)16(14)19(4,5)6/h14-17H,13H2,1-12H3. The zero-order chi connectivity index (χ0) is 17.7. The van der Waals surface area contributed by atoms with Gasteiger partial charge in [-0.1, -0.05) is 62.3 Å². The second-order valence-corrected chi connectivity index (χ2v) is 16.2. The van der Waals surface area contributed by atoms with E-state index in [1.807, 2.05) is 0 Å². The van der Waals surface area contributed by atoms with Crippen LogP contribution in [-0.2, 0) is 4.43 Å². The molecule has 1 rings (SSSR count). The molecule has 4 unspecified atom stereocenters. The minimum Gasteiger partial charge on any atom is -0.414 e. The summed E-state index contributed by atoms with van der Waals surface area (Å²) >= 11 is 0. The molecule has 0 aromatic carbocycles.